The molecule has 1 aromatic carbocycles. The highest BCUT2D eigenvalue weighted by molar-refractivity contribution is 5.97. The number of aromatic nitrogens is 2. The molecule has 2 N–H and O–H groups in total. The molecule has 3 heterocycles. The summed E-state index contributed by atoms with van der Waals surface area (Å²) in [6.45, 7) is 4.06. The van der Waals surface area contributed by atoms with E-state index in [2.05, 4.69) is 15.5 Å². The summed E-state index contributed by atoms with van der Waals surface area (Å²) in [5.41, 5.74) is 3.36. The molecule has 3 aromatic rings. The molecule has 4 rings (SSSR count). The Morgan fingerprint density at radius 2 is 2.09 bits per heavy atom. The van der Waals surface area contributed by atoms with Crippen molar-refractivity contribution in [3.05, 3.63) is 45.8 Å². The zero-order chi connectivity index (χ0) is 16.1. The van der Waals surface area contributed by atoms with Crippen LogP contribution in [0.25, 0.3) is 11.1 Å². The van der Waals surface area contributed by atoms with Crippen LogP contribution in [0.1, 0.15) is 49.1 Å². The minimum Gasteiger partial charge on any atom is -0.408 e. The molecule has 1 amide bonds. The second-order valence-corrected chi connectivity index (χ2v) is 6.06. The minimum absolute atomic E-state index is 0.109. The summed E-state index contributed by atoms with van der Waals surface area (Å²) in [7, 11) is 0. The molecular formula is C16H15N3O4. The van der Waals surface area contributed by atoms with E-state index in [-0.39, 0.29) is 24.2 Å². The van der Waals surface area contributed by atoms with Gasteiger partial charge in [0.15, 0.2) is 5.58 Å². The normalized spacial score (nSPS) is 17.5. The van der Waals surface area contributed by atoms with Crippen molar-refractivity contribution < 1.29 is 13.7 Å². The first-order chi connectivity index (χ1) is 11.0. The Labute approximate surface area is 130 Å². The number of oxazole rings is 1. The van der Waals surface area contributed by atoms with Gasteiger partial charge in [-0.15, -0.1) is 0 Å². The fraction of sp³-hybridized carbons (Fsp3) is 0.312. The lowest BCUT2D eigenvalue weighted by molar-refractivity contribution is -0.116. The molecule has 2 aromatic heterocycles. The molecule has 0 aliphatic carbocycles. The van der Waals surface area contributed by atoms with Crippen LogP contribution in [-0.2, 0) is 4.79 Å². The largest absolute Gasteiger partial charge is 0.417 e. The SMILES string of the molecule is CC(C)c1cc([C@H]2CC(=O)Nc3cc4oc(=O)[nH]c4cc32)on1. The second-order valence-electron chi connectivity index (χ2n) is 6.06. The van der Waals surface area contributed by atoms with Crippen LogP contribution in [0.3, 0.4) is 0 Å². The zero-order valence-corrected chi connectivity index (χ0v) is 12.7. The van der Waals surface area contributed by atoms with Crippen LogP contribution in [-0.4, -0.2) is 16.0 Å². The van der Waals surface area contributed by atoms with E-state index in [0.717, 1.165) is 11.3 Å². The third kappa shape index (κ3) is 2.25. The van der Waals surface area contributed by atoms with E-state index in [4.69, 9.17) is 8.94 Å². The average Bonchev–Trinajstić information content (AvgIpc) is 3.09. The first-order valence-electron chi connectivity index (χ1n) is 7.44. The summed E-state index contributed by atoms with van der Waals surface area (Å²) in [6.07, 6.45) is 0.271. The van der Waals surface area contributed by atoms with Crippen molar-refractivity contribution in [3.63, 3.8) is 0 Å². The fourth-order valence-electron chi connectivity index (χ4n) is 2.90. The van der Waals surface area contributed by atoms with E-state index < -0.39 is 5.76 Å². The van der Waals surface area contributed by atoms with Crippen LogP contribution in [0, 0.1) is 0 Å². The van der Waals surface area contributed by atoms with Crippen molar-refractivity contribution in [3.8, 4) is 0 Å². The number of aromatic amines is 1. The molecule has 7 heteroatoms. The van der Waals surface area contributed by atoms with Gasteiger partial charge in [-0.3, -0.25) is 9.78 Å². The average molecular weight is 313 g/mol. The van der Waals surface area contributed by atoms with Crippen LogP contribution < -0.4 is 11.1 Å². The van der Waals surface area contributed by atoms with Gasteiger partial charge < -0.3 is 14.3 Å². The van der Waals surface area contributed by atoms with Crippen molar-refractivity contribution in [2.75, 3.05) is 5.32 Å². The molecule has 7 nitrogen and oxygen atoms in total. The Kier molecular flexibility index (Phi) is 2.90. The number of rotatable bonds is 2. The minimum atomic E-state index is -0.521. The van der Waals surface area contributed by atoms with Gasteiger partial charge in [0.1, 0.15) is 5.76 Å². The highest BCUT2D eigenvalue weighted by atomic mass is 16.5. The number of hydrogen-bond donors (Lipinski definition) is 2. The van der Waals surface area contributed by atoms with Crippen molar-refractivity contribution in [2.45, 2.75) is 32.1 Å². The van der Waals surface area contributed by atoms with Gasteiger partial charge in [-0.2, -0.15) is 0 Å². The Bertz CT molecular complexity index is 963. The lowest BCUT2D eigenvalue weighted by Gasteiger charge is -2.23. The number of nitrogens with one attached hydrogen (secondary N) is 2. The number of amides is 1. The third-order valence-electron chi connectivity index (χ3n) is 4.11. The molecule has 1 aliphatic rings. The molecule has 0 spiro atoms. The number of H-pyrrole nitrogens is 1. The monoisotopic (exact) mass is 313 g/mol. The van der Waals surface area contributed by atoms with E-state index in [0.29, 0.717) is 22.5 Å². The van der Waals surface area contributed by atoms with Crippen molar-refractivity contribution in [1.82, 2.24) is 10.1 Å². The first kappa shape index (κ1) is 13.8. The number of hydrogen-bond acceptors (Lipinski definition) is 5. The molecule has 0 saturated carbocycles. The maximum Gasteiger partial charge on any atom is 0.417 e. The van der Waals surface area contributed by atoms with Crippen LogP contribution >= 0.6 is 0 Å². The molecule has 0 fully saturated rings. The number of fused-ring (bicyclic) bond motifs is 2. The molecule has 118 valence electrons. The summed E-state index contributed by atoms with van der Waals surface area (Å²) in [6, 6.07) is 5.36. The van der Waals surface area contributed by atoms with Gasteiger partial charge in [0.2, 0.25) is 5.91 Å². The topological polar surface area (TPSA) is 101 Å². The Morgan fingerprint density at radius 3 is 2.83 bits per heavy atom. The molecule has 1 aliphatic heterocycles. The van der Waals surface area contributed by atoms with Crippen LogP contribution in [0.2, 0.25) is 0 Å². The number of nitrogens with zero attached hydrogens (tertiary/aromatic N) is 1. The third-order valence-corrected chi connectivity index (χ3v) is 4.11. The standard InChI is InChI=1S/C16H15N3O4/c1-7(2)10-5-13(23-19-10)9-4-15(20)17-11-6-14-12(3-8(9)11)18-16(21)22-14/h3,5-7,9H,4H2,1-2H3,(H,17,20)(H,18,21)/t9-/m0/s1. The molecule has 1 atom stereocenters. The molecule has 0 unspecified atom stereocenters. The van der Waals surface area contributed by atoms with E-state index in [1.54, 1.807) is 6.07 Å². The second kappa shape index (κ2) is 4.84. The summed E-state index contributed by atoms with van der Waals surface area (Å²) >= 11 is 0. The molecule has 0 radical (unpaired) electrons. The van der Waals surface area contributed by atoms with E-state index in [1.165, 1.54) is 0 Å². The zero-order valence-electron chi connectivity index (χ0n) is 12.7. The molecule has 23 heavy (non-hydrogen) atoms. The maximum atomic E-state index is 12.0. The van der Waals surface area contributed by atoms with Crippen LogP contribution in [0.15, 0.2) is 31.9 Å². The van der Waals surface area contributed by atoms with Gasteiger partial charge in [0, 0.05) is 24.2 Å². The number of benzene rings is 1. The lowest BCUT2D eigenvalue weighted by atomic mass is 9.88. The molecule has 0 bridgehead atoms. The van der Waals surface area contributed by atoms with E-state index in [9.17, 15) is 9.59 Å². The number of anilines is 1. The Morgan fingerprint density at radius 1 is 1.26 bits per heavy atom. The number of carbonyl (C=O) groups excluding carboxylic acids is 1. The number of carbonyl (C=O) groups is 1. The van der Waals surface area contributed by atoms with Gasteiger partial charge in [-0.05, 0) is 17.5 Å². The van der Waals surface area contributed by atoms with Crippen molar-refractivity contribution >= 4 is 22.7 Å². The summed E-state index contributed by atoms with van der Waals surface area (Å²) < 4.78 is 10.5. The predicted molar refractivity (Wildman–Crippen MR) is 82.5 cm³/mol. The molecular weight excluding hydrogens is 298 g/mol. The fourth-order valence-corrected chi connectivity index (χ4v) is 2.90. The maximum absolute atomic E-state index is 12.0. The summed E-state index contributed by atoms with van der Waals surface area (Å²) in [4.78, 5) is 26.0. The van der Waals surface area contributed by atoms with Crippen molar-refractivity contribution in [1.29, 1.82) is 0 Å². The van der Waals surface area contributed by atoms with Gasteiger partial charge in [0.25, 0.3) is 0 Å². The van der Waals surface area contributed by atoms with E-state index >= 15 is 0 Å². The lowest BCUT2D eigenvalue weighted by Crippen LogP contribution is -2.23. The van der Waals surface area contributed by atoms with Crippen LogP contribution in [0.5, 0.6) is 0 Å². The highest BCUT2D eigenvalue weighted by Crippen LogP contribution is 2.39. The van der Waals surface area contributed by atoms with Gasteiger partial charge in [-0.1, -0.05) is 19.0 Å². The van der Waals surface area contributed by atoms with E-state index in [1.807, 2.05) is 26.0 Å². The highest BCUT2D eigenvalue weighted by Gasteiger charge is 2.30. The first-order valence-corrected chi connectivity index (χ1v) is 7.44. The Balaban J connectivity index is 1.86. The van der Waals surface area contributed by atoms with Gasteiger partial charge in [-0.25, -0.2) is 4.79 Å². The Hall–Kier alpha value is -2.83. The van der Waals surface area contributed by atoms with Crippen LogP contribution in [0.4, 0.5) is 5.69 Å². The predicted octanol–water partition coefficient (Wildman–Crippen LogP) is 2.71. The quantitative estimate of drug-likeness (QED) is 0.757. The molecule has 0 saturated heterocycles. The smallest absolute Gasteiger partial charge is 0.408 e. The van der Waals surface area contributed by atoms with Gasteiger partial charge in [0.05, 0.1) is 17.1 Å². The summed E-state index contributed by atoms with van der Waals surface area (Å²) in [5, 5.41) is 6.89. The van der Waals surface area contributed by atoms with Crippen molar-refractivity contribution in [2.24, 2.45) is 0 Å². The summed E-state index contributed by atoms with van der Waals surface area (Å²) in [5.74, 6) is 0.0304. The van der Waals surface area contributed by atoms with Gasteiger partial charge >= 0.3 is 5.76 Å².